The Morgan fingerprint density at radius 3 is 2.79 bits per heavy atom. The van der Waals surface area contributed by atoms with Crippen LogP contribution in [0.5, 0.6) is 0 Å². The van der Waals surface area contributed by atoms with E-state index in [1.165, 1.54) is 5.56 Å². The molecule has 0 unspecified atom stereocenters. The molecule has 0 radical (unpaired) electrons. The molecule has 1 aliphatic rings. The van der Waals surface area contributed by atoms with Gasteiger partial charge in [0.25, 0.3) is 0 Å². The van der Waals surface area contributed by atoms with Crippen LogP contribution >= 0.6 is 0 Å². The molecule has 2 rings (SSSR count). The number of amides is 1. The zero-order valence-corrected chi connectivity index (χ0v) is 15.5. The second-order valence-electron chi connectivity index (χ2n) is 7.61. The monoisotopic (exact) mass is 333 g/mol. The number of pyridine rings is 1. The van der Waals surface area contributed by atoms with Crippen LogP contribution < -0.4 is 5.32 Å². The molecule has 5 heteroatoms. The maximum atomic E-state index is 12.2. The maximum absolute atomic E-state index is 12.2. The summed E-state index contributed by atoms with van der Waals surface area (Å²) < 4.78 is 5.48. The standard InChI is InChI=1S/C19H31N3O2/c1-15-7-8-16(14-21-15)9-11-20-17-6-5-12-22(13-10-17)18(23)24-19(2,3)4/h7-8,14,17,20H,5-6,9-13H2,1-4H3/t17-/m1/s1. The van der Waals surface area contributed by atoms with Gasteiger partial charge >= 0.3 is 6.09 Å². The normalized spacial score (nSPS) is 19.0. The van der Waals surface area contributed by atoms with Gasteiger partial charge in [-0.05, 0) is 71.6 Å². The van der Waals surface area contributed by atoms with Gasteiger partial charge in [0, 0.05) is 31.0 Å². The van der Waals surface area contributed by atoms with Crippen molar-refractivity contribution in [1.29, 1.82) is 0 Å². The fraction of sp³-hybridized carbons (Fsp3) is 0.684. The van der Waals surface area contributed by atoms with Crippen LogP contribution in [-0.2, 0) is 11.2 Å². The summed E-state index contributed by atoms with van der Waals surface area (Å²) in [6.45, 7) is 10.2. The Kier molecular flexibility index (Phi) is 6.60. The number of aromatic nitrogens is 1. The van der Waals surface area contributed by atoms with Crippen molar-refractivity contribution in [2.45, 2.75) is 65.0 Å². The zero-order chi connectivity index (χ0) is 17.6. The lowest BCUT2D eigenvalue weighted by Crippen LogP contribution is -2.38. The van der Waals surface area contributed by atoms with E-state index in [2.05, 4.69) is 22.4 Å². The molecular formula is C19H31N3O2. The molecule has 0 aliphatic carbocycles. The summed E-state index contributed by atoms with van der Waals surface area (Å²) in [6.07, 6.45) is 5.85. The number of hydrogen-bond acceptors (Lipinski definition) is 4. The highest BCUT2D eigenvalue weighted by atomic mass is 16.6. The van der Waals surface area contributed by atoms with Crippen LogP contribution in [0.4, 0.5) is 4.79 Å². The Morgan fingerprint density at radius 2 is 2.12 bits per heavy atom. The predicted molar refractivity (Wildman–Crippen MR) is 96.1 cm³/mol. The predicted octanol–water partition coefficient (Wildman–Crippen LogP) is 3.31. The first-order valence-corrected chi connectivity index (χ1v) is 8.96. The van der Waals surface area contributed by atoms with E-state index >= 15 is 0 Å². The van der Waals surface area contributed by atoms with Crippen LogP contribution in [0.2, 0.25) is 0 Å². The summed E-state index contributed by atoms with van der Waals surface area (Å²) in [7, 11) is 0. The molecule has 1 aliphatic heterocycles. The van der Waals surface area contributed by atoms with Gasteiger partial charge in [-0.2, -0.15) is 0 Å². The molecule has 1 fully saturated rings. The van der Waals surface area contributed by atoms with E-state index in [4.69, 9.17) is 4.74 Å². The Morgan fingerprint density at radius 1 is 1.33 bits per heavy atom. The minimum absolute atomic E-state index is 0.186. The Hall–Kier alpha value is -1.62. The summed E-state index contributed by atoms with van der Waals surface area (Å²) in [5, 5.41) is 3.63. The van der Waals surface area contributed by atoms with Crippen molar-refractivity contribution >= 4 is 6.09 Å². The van der Waals surface area contributed by atoms with E-state index < -0.39 is 5.60 Å². The quantitative estimate of drug-likeness (QED) is 0.918. The molecule has 5 nitrogen and oxygen atoms in total. The molecule has 0 bridgehead atoms. The van der Waals surface area contributed by atoms with Gasteiger partial charge in [-0.25, -0.2) is 4.79 Å². The minimum atomic E-state index is -0.427. The summed E-state index contributed by atoms with van der Waals surface area (Å²) in [4.78, 5) is 18.4. The number of carbonyl (C=O) groups is 1. The zero-order valence-electron chi connectivity index (χ0n) is 15.5. The second-order valence-corrected chi connectivity index (χ2v) is 7.61. The first-order valence-electron chi connectivity index (χ1n) is 8.96. The van der Waals surface area contributed by atoms with Gasteiger partial charge in [-0.1, -0.05) is 6.07 Å². The highest BCUT2D eigenvalue weighted by Gasteiger charge is 2.24. The Labute approximate surface area is 145 Å². The van der Waals surface area contributed by atoms with Crippen molar-refractivity contribution in [2.24, 2.45) is 0 Å². The molecule has 24 heavy (non-hydrogen) atoms. The number of rotatable bonds is 4. The van der Waals surface area contributed by atoms with E-state index in [-0.39, 0.29) is 6.09 Å². The summed E-state index contributed by atoms with van der Waals surface area (Å²) in [5.41, 5.74) is 1.89. The highest BCUT2D eigenvalue weighted by Crippen LogP contribution is 2.15. The fourth-order valence-corrected chi connectivity index (χ4v) is 2.88. The van der Waals surface area contributed by atoms with Gasteiger partial charge in [-0.3, -0.25) is 4.98 Å². The molecule has 2 heterocycles. The number of carbonyl (C=O) groups excluding carboxylic acids is 1. The van der Waals surface area contributed by atoms with Crippen molar-refractivity contribution in [3.63, 3.8) is 0 Å². The molecular weight excluding hydrogens is 302 g/mol. The lowest BCUT2D eigenvalue weighted by atomic mass is 10.1. The van der Waals surface area contributed by atoms with Gasteiger partial charge < -0.3 is 15.0 Å². The molecule has 0 spiro atoms. The lowest BCUT2D eigenvalue weighted by molar-refractivity contribution is 0.0256. The van der Waals surface area contributed by atoms with E-state index in [1.807, 2.05) is 38.8 Å². The van der Waals surface area contributed by atoms with Gasteiger partial charge in [0.05, 0.1) is 0 Å². The molecule has 1 saturated heterocycles. The minimum Gasteiger partial charge on any atom is -0.444 e. The fourth-order valence-electron chi connectivity index (χ4n) is 2.88. The molecule has 0 aromatic carbocycles. The van der Waals surface area contributed by atoms with Crippen molar-refractivity contribution in [3.05, 3.63) is 29.6 Å². The third kappa shape index (κ3) is 6.48. The number of nitrogens with zero attached hydrogens (tertiary/aromatic N) is 2. The number of nitrogens with one attached hydrogen (secondary N) is 1. The van der Waals surface area contributed by atoms with E-state index in [9.17, 15) is 4.79 Å². The number of aryl methyl sites for hydroxylation is 1. The smallest absolute Gasteiger partial charge is 0.410 e. The third-order valence-corrected chi connectivity index (χ3v) is 4.20. The molecule has 0 saturated carbocycles. The van der Waals surface area contributed by atoms with Crippen LogP contribution in [0.1, 0.15) is 51.3 Å². The van der Waals surface area contributed by atoms with Crippen molar-refractivity contribution in [2.75, 3.05) is 19.6 Å². The summed E-state index contributed by atoms with van der Waals surface area (Å²) in [6, 6.07) is 4.66. The number of ether oxygens (including phenoxy) is 1. The first kappa shape index (κ1) is 18.7. The van der Waals surface area contributed by atoms with Crippen molar-refractivity contribution in [1.82, 2.24) is 15.2 Å². The molecule has 1 aromatic rings. The topological polar surface area (TPSA) is 54.5 Å². The maximum Gasteiger partial charge on any atom is 0.410 e. The third-order valence-electron chi connectivity index (χ3n) is 4.20. The van der Waals surface area contributed by atoms with Gasteiger partial charge in [0.15, 0.2) is 0 Å². The van der Waals surface area contributed by atoms with Gasteiger partial charge in [-0.15, -0.1) is 0 Å². The van der Waals surface area contributed by atoms with E-state index in [0.29, 0.717) is 6.04 Å². The number of likely N-dealkylation sites (tertiary alicyclic amines) is 1. The molecule has 1 amide bonds. The summed E-state index contributed by atoms with van der Waals surface area (Å²) >= 11 is 0. The molecule has 134 valence electrons. The largest absolute Gasteiger partial charge is 0.444 e. The highest BCUT2D eigenvalue weighted by molar-refractivity contribution is 5.68. The molecule has 1 aromatic heterocycles. The average Bonchev–Trinajstić information content (AvgIpc) is 2.73. The Balaban J connectivity index is 1.72. The van der Waals surface area contributed by atoms with Gasteiger partial charge in [0.2, 0.25) is 0 Å². The van der Waals surface area contributed by atoms with Crippen LogP contribution in [0.25, 0.3) is 0 Å². The SMILES string of the molecule is Cc1ccc(CCN[C@@H]2CCCN(C(=O)OC(C)(C)C)CC2)cn1. The van der Waals surface area contributed by atoms with Crippen molar-refractivity contribution < 1.29 is 9.53 Å². The lowest BCUT2D eigenvalue weighted by Gasteiger charge is -2.26. The molecule has 1 atom stereocenters. The van der Waals surface area contributed by atoms with Crippen LogP contribution in [0, 0.1) is 6.92 Å². The van der Waals surface area contributed by atoms with E-state index in [0.717, 1.165) is 51.0 Å². The van der Waals surface area contributed by atoms with Crippen molar-refractivity contribution in [3.8, 4) is 0 Å². The van der Waals surface area contributed by atoms with Gasteiger partial charge in [0.1, 0.15) is 5.60 Å². The van der Waals surface area contributed by atoms with Crippen LogP contribution in [0.15, 0.2) is 18.3 Å². The van der Waals surface area contributed by atoms with Crippen LogP contribution in [0.3, 0.4) is 0 Å². The molecule has 1 N–H and O–H groups in total. The summed E-state index contributed by atoms with van der Waals surface area (Å²) in [5.74, 6) is 0. The first-order chi connectivity index (χ1) is 11.3. The number of hydrogen-bond donors (Lipinski definition) is 1. The van der Waals surface area contributed by atoms with Crippen LogP contribution in [-0.4, -0.2) is 47.3 Å². The Bertz CT molecular complexity index is 522. The van der Waals surface area contributed by atoms with E-state index in [1.54, 1.807) is 0 Å². The average molecular weight is 333 g/mol. The second kappa shape index (κ2) is 8.47.